The Kier molecular flexibility index (Phi) is 5.83. The van der Waals surface area contributed by atoms with Gasteiger partial charge in [0.25, 0.3) is 0 Å². The van der Waals surface area contributed by atoms with E-state index in [1.807, 2.05) is 0 Å². The number of aromatic nitrogens is 2. The average Bonchev–Trinajstić information content (AvgIpc) is 2.86. The van der Waals surface area contributed by atoms with Gasteiger partial charge in [0.05, 0.1) is 15.9 Å². The molecule has 1 atom stereocenters. The van der Waals surface area contributed by atoms with Gasteiger partial charge in [-0.25, -0.2) is 4.39 Å². The van der Waals surface area contributed by atoms with Gasteiger partial charge in [-0.3, -0.25) is 19.6 Å². The Morgan fingerprint density at radius 1 is 1.46 bits per heavy atom. The van der Waals surface area contributed by atoms with Gasteiger partial charge in [-0.1, -0.05) is 11.6 Å². The molecule has 8 nitrogen and oxygen atoms in total. The highest BCUT2D eigenvalue weighted by molar-refractivity contribution is 6.33. The summed E-state index contributed by atoms with van der Waals surface area (Å²) in [7, 11) is 0.940. The minimum absolute atomic E-state index is 0.391. The predicted octanol–water partition coefficient (Wildman–Crippen LogP) is 3.91. The molecule has 1 aromatic carbocycles. The maximum atomic E-state index is 14.5. The molecule has 0 aliphatic carbocycles. The average molecular weight is 426 g/mol. The number of hydrogen-bond acceptors (Lipinski definition) is 5. The third-order valence-electron chi connectivity index (χ3n) is 3.67. The second kappa shape index (κ2) is 7.62. The molecule has 152 valence electrons. The molecule has 0 amide bonds. The first kappa shape index (κ1) is 21.4. The molecule has 0 saturated heterocycles. The van der Waals surface area contributed by atoms with Crippen LogP contribution in [0.5, 0.6) is 5.75 Å². The van der Waals surface area contributed by atoms with E-state index >= 15 is 0 Å². The monoisotopic (exact) mass is 425 g/mol. The Hall–Kier alpha value is -2.89. The van der Waals surface area contributed by atoms with Crippen molar-refractivity contribution in [1.82, 2.24) is 9.78 Å². The minimum Gasteiger partial charge on any atom is -0.486 e. The number of rotatable bonds is 6. The van der Waals surface area contributed by atoms with Crippen molar-refractivity contribution in [2.45, 2.75) is 13.1 Å². The normalized spacial score (nSPS) is 12.7. The third-order valence-corrected chi connectivity index (χ3v) is 4.03. The minimum atomic E-state index is -4.88. The molecule has 13 heteroatoms. The van der Waals surface area contributed by atoms with Crippen molar-refractivity contribution in [3.63, 3.8) is 0 Å². The summed E-state index contributed by atoms with van der Waals surface area (Å²) in [5, 5.41) is 22.7. The molecule has 1 N–H and O–H groups in total. The maximum Gasteiger partial charge on any atom is 0.434 e. The lowest BCUT2D eigenvalue weighted by atomic mass is 10.1. The molecular formula is C15H12ClF4N3O5. The smallest absolute Gasteiger partial charge is 0.434 e. The molecule has 0 radical (unpaired) electrons. The third kappa shape index (κ3) is 4.16. The lowest BCUT2D eigenvalue weighted by Crippen LogP contribution is -2.18. The quantitative estimate of drug-likeness (QED) is 0.427. The van der Waals surface area contributed by atoms with Gasteiger partial charge < -0.3 is 9.84 Å². The summed E-state index contributed by atoms with van der Waals surface area (Å²) in [5.74, 6) is -4.04. The topological polar surface area (TPSA) is 107 Å². The number of halogens is 5. The first-order chi connectivity index (χ1) is 12.8. The number of ether oxygens (including phenoxy) is 1. The van der Waals surface area contributed by atoms with Crippen molar-refractivity contribution >= 4 is 23.3 Å². The highest BCUT2D eigenvalue weighted by atomic mass is 35.5. The second-order valence-electron chi connectivity index (χ2n) is 5.74. The van der Waals surface area contributed by atoms with E-state index in [1.165, 1.54) is 6.92 Å². The summed E-state index contributed by atoms with van der Waals surface area (Å²) in [4.78, 5) is 21.1. The SMILES string of the molecule is C[C@H](COc1cc(F)c(-c2nn(C)c(C(F)(F)F)c2Cl)cc1[N+](=O)[O-])C(=O)O. The van der Waals surface area contributed by atoms with Crippen molar-refractivity contribution in [2.24, 2.45) is 13.0 Å². The van der Waals surface area contributed by atoms with Crippen LogP contribution in [-0.4, -0.2) is 32.4 Å². The molecule has 0 unspecified atom stereocenters. The van der Waals surface area contributed by atoms with E-state index in [-0.39, 0.29) is 0 Å². The van der Waals surface area contributed by atoms with Crippen LogP contribution in [-0.2, 0) is 18.0 Å². The van der Waals surface area contributed by atoms with Crippen LogP contribution in [0.25, 0.3) is 11.3 Å². The largest absolute Gasteiger partial charge is 0.486 e. The van der Waals surface area contributed by atoms with Crippen LogP contribution in [0, 0.1) is 21.8 Å². The van der Waals surface area contributed by atoms with Gasteiger partial charge in [-0.05, 0) is 6.92 Å². The van der Waals surface area contributed by atoms with E-state index in [9.17, 15) is 32.5 Å². The molecule has 2 aromatic rings. The van der Waals surface area contributed by atoms with Crippen LogP contribution < -0.4 is 4.74 Å². The Morgan fingerprint density at radius 2 is 2.07 bits per heavy atom. The molecule has 1 aromatic heterocycles. The van der Waals surface area contributed by atoms with Crippen molar-refractivity contribution in [3.05, 3.63) is 38.8 Å². The first-order valence-corrected chi connectivity index (χ1v) is 7.86. The van der Waals surface area contributed by atoms with Crippen molar-refractivity contribution in [3.8, 4) is 17.0 Å². The number of carboxylic acids is 1. The zero-order valence-corrected chi connectivity index (χ0v) is 15.0. The first-order valence-electron chi connectivity index (χ1n) is 7.48. The van der Waals surface area contributed by atoms with Crippen molar-refractivity contribution in [1.29, 1.82) is 0 Å². The van der Waals surface area contributed by atoms with Gasteiger partial charge in [-0.2, -0.15) is 18.3 Å². The molecule has 0 aliphatic rings. The number of aliphatic carboxylic acids is 1. The van der Waals surface area contributed by atoms with Crippen molar-refractivity contribution < 1.29 is 37.1 Å². The van der Waals surface area contributed by atoms with Crippen LogP contribution in [0.2, 0.25) is 5.02 Å². The van der Waals surface area contributed by atoms with E-state index in [1.54, 1.807) is 0 Å². The highest BCUT2D eigenvalue weighted by Crippen LogP contribution is 2.42. The van der Waals surface area contributed by atoms with Crippen LogP contribution in [0.15, 0.2) is 12.1 Å². The van der Waals surface area contributed by atoms with E-state index in [2.05, 4.69) is 5.10 Å². The number of aryl methyl sites for hydroxylation is 1. The molecule has 28 heavy (non-hydrogen) atoms. The summed E-state index contributed by atoms with van der Waals surface area (Å²) in [6, 6.07) is 1.20. The number of carboxylic acid groups (broad SMARTS) is 1. The predicted molar refractivity (Wildman–Crippen MR) is 87.6 cm³/mol. The summed E-state index contributed by atoms with van der Waals surface area (Å²) >= 11 is 5.69. The summed E-state index contributed by atoms with van der Waals surface area (Å²) in [6.45, 7) is 0.781. The number of benzene rings is 1. The van der Waals surface area contributed by atoms with Crippen molar-refractivity contribution in [2.75, 3.05) is 6.61 Å². The molecule has 0 bridgehead atoms. The van der Waals surface area contributed by atoms with Crippen LogP contribution in [0.3, 0.4) is 0 Å². The standard InChI is InChI=1S/C15H12ClF4N3O5/c1-6(14(24)25)5-28-10-4-8(17)7(3-9(10)23(26)27)12-11(16)13(15(18,19)20)22(2)21-12/h3-4,6H,5H2,1-2H3,(H,24,25)/t6-/m1/s1. The lowest BCUT2D eigenvalue weighted by Gasteiger charge is -2.11. The molecule has 0 fully saturated rings. The molecule has 0 aliphatic heterocycles. The molecular weight excluding hydrogens is 414 g/mol. The van der Waals surface area contributed by atoms with Gasteiger partial charge >= 0.3 is 17.8 Å². The van der Waals surface area contributed by atoms with Gasteiger partial charge in [0.2, 0.25) is 0 Å². The Bertz CT molecular complexity index is 945. The van der Waals surface area contributed by atoms with Crippen LogP contribution in [0.1, 0.15) is 12.6 Å². The molecule has 0 spiro atoms. The van der Waals surface area contributed by atoms with Gasteiger partial charge in [-0.15, -0.1) is 0 Å². The zero-order chi connectivity index (χ0) is 21.4. The molecule has 0 saturated carbocycles. The van der Waals surface area contributed by atoms with E-state index in [0.717, 1.165) is 7.05 Å². The fraction of sp³-hybridized carbons (Fsp3) is 0.333. The van der Waals surface area contributed by atoms with E-state index < -0.39 is 68.8 Å². The van der Waals surface area contributed by atoms with Gasteiger partial charge in [0.1, 0.15) is 18.1 Å². The molecule has 2 rings (SSSR count). The lowest BCUT2D eigenvalue weighted by molar-refractivity contribution is -0.385. The number of alkyl halides is 3. The summed E-state index contributed by atoms with van der Waals surface area (Å²) in [6.07, 6.45) is -4.88. The Labute approximate surface area is 159 Å². The number of nitro benzene ring substituents is 1. The second-order valence-corrected chi connectivity index (χ2v) is 6.12. The highest BCUT2D eigenvalue weighted by Gasteiger charge is 2.39. The Morgan fingerprint density at radius 3 is 2.54 bits per heavy atom. The number of nitrogens with zero attached hydrogens (tertiary/aromatic N) is 3. The van der Waals surface area contributed by atoms with E-state index in [4.69, 9.17) is 21.4 Å². The van der Waals surface area contributed by atoms with Crippen LogP contribution in [0.4, 0.5) is 23.2 Å². The number of hydrogen-bond donors (Lipinski definition) is 1. The molecule has 1 heterocycles. The van der Waals surface area contributed by atoms with Gasteiger partial charge in [0, 0.05) is 24.7 Å². The summed E-state index contributed by atoms with van der Waals surface area (Å²) < 4.78 is 59.0. The fourth-order valence-corrected chi connectivity index (χ4v) is 2.62. The fourth-order valence-electron chi connectivity index (χ4n) is 2.25. The zero-order valence-electron chi connectivity index (χ0n) is 14.3. The summed E-state index contributed by atoms with van der Waals surface area (Å²) in [5.41, 5.74) is -3.41. The maximum absolute atomic E-state index is 14.5. The number of carbonyl (C=O) groups is 1. The van der Waals surface area contributed by atoms with E-state index in [0.29, 0.717) is 16.8 Å². The number of nitro groups is 1. The van der Waals surface area contributed by atoms with Crippen LogP contribution >= 0.6 is 11.6 Å². The van der Waals surface area contributed by atoms with Gasteiger partial charge in [0.15, 0.2) is 11.4 Å². The Balaban J connectivity index is 2.55.